The minimum absolute atomic E-state index is 0.0893. The molecule has 0 heterocycles. The second-order valence-corrected chi connectivity index (χ2v) is 7.18. The Morgan fingerprint density at radius 1 is 1.30 bits per heavy atom. The van der Waals surface area contributed by atoms with Gasteiger partial charge in [0.15, 0.2) is 0 Å². The van der Waals surface area contributed by atoms with Crippen molar-refractivity contribution in [3.05, 3.63) is 34.1 Å². The second-order valence-electron chi connectivity index (χ2n) is 6.27. The molecule has 0 saturated heterocycles. The van der Waals surface area contributed by atoms with Crippen molar-refractivity contribution in [2.75, 3.05) is 6.54 Å². The van der Waals surface area contributed by atoms with E-state index in [0.717, 1.165) is 23.0 Å². The van der Waals surface area contributed by atoms with Gasteiger partial charge < -0.3 is 5.32 Å². The van der Waals surface area contributed by atoms with E-state index in [9.17, 15) is 4.39 Å². The zero-order chi connectivity index (χ0) is 14.6. The van der Waals surface area contributed by atoms with E-state index in [1.807, 2.05) is 6.07 Å². The summed E-state index contributed by atoms with van der Waals surface area (Å²) in [5.41, 5.74) is 0.979. The van der Waals surface area contributed by atoms with Crippen LogP contribution in [0.3, 0.4) is 0 Å². The highest BCUT2D eigenvalue weighted by Crippen LogP contribution is 2.46. The summed E-state index contributed by atoms with van der Waals surface area (Å²) in [7, 11) is 0. The lowest BCUT2D eigenvalue weighted by Crippen LogP contribution is -2.38. The maximum Gasteiger partial charge on any atom is 0.128 e. The van der Waals surface area contributed by atoms with Crippen LogP contribution in [0.5, 0.6) is 0 Å². The molecule has 1 aliphatic carbocycles. The molecule has 1 atom stereocenters. The van der Waals surface area contributed by atoms with Crippen molar-refractivity contribution in [2.24, 2.45) is 5.41 Å². The molecule has 0 spiro atoms. The zero-order valence-electron chi connectivity index (χ0n) is 12.5. The van der Waals surface area contributed by atoms with E-state index in [4.69, 9.17) is 0 Å². The lowest BCUT2D eigenvalue weighted by atomic mass is 9.68. The van der Waals surface area contributed by atoms with E-state index in [1.165, 1.54) is 32.1 Å². The van der Waals surface area contributed by atoms with Gasteiger partial charge in [0.25, 0.3) is 0 Å². The Hall–Kier alpha value is -0.410. The molecule has 0 amide bonds. The highest BCUT2D eigenvalue weighted by atomic mass is 79.9. The lowest BCUT2D eigenvalue weighted by Gasteiger charge is -2.42. The van der Waals surface area contributed by atoms with Crippen LogP contribution in [-0.2, 0) is 0 Å². The largest absolute Gasteiger partial charge is 0.309 e. The van der Waals surface area contributed by atoms with Gasteiger partial charge >= 0.3 is 0 Å². The molecule has 0 aromatic heterocycles. The quantitative estimate of drug-likeness (QED) is 0.734. The zero-order valence-corrected chi connectivity index (χ0v) is 14.1. The van der Waals surface area contributed by atoms with E-state index in [0.29, 0.717) is 0 Å². The van der Waals surface area contributed by atoms with Crippen LogP contribution in [0.4, 0.5) is 4.39 Å². The Kier molecular flexibility index (Phi) is 5.62. The van der Waals surface area contributed by atoms with Gasteiger partial charge in [-0.1, -0.05) is 49.0 Å². The molecule has 1 aromatic rings. The molecule has 20 heavy (non-hydrogen) atoms. The minimum Gasteiger partial charge on any atom is -0.309 e. The Bertz CT molecular complexity index is 441. The van der Waals surface area contributed by atoms with Gasteiger partial charge in [0, 0.05) is 16.1 Å². The number of hydrogen-bond acceptors (Lipinski definition) is 1. The molecule has 1 nitrogen and oxygen atoms in total. The van der Waals surface area contributed by atoms with E-state index >= 15 is 0 Å². The Morgan fingerprint density at radius 2 is 2.00 bits per heavy atom. The molecule has 3 heteroatoms. The fourth-order valence-corrected chi connectivity index (χ4v) is 3.78. The van der Waals surface area contributed by atoms with Crippen LogP contribution in [0.1, 0.15) is 64.0 Å². The number of rotatable bonds is 5. The molecular formula is C17H25BrFN. The molecule has 1 aromatic carbocycles. The van der Waals surface area contributed by atoms with Crippen LogP contribution in [0.25, 0.3) is 0 Å². The molecule has 1 fully saturated rings. The molecule has 0 radical (unpaired) electrons. The van der Waals surface area contributed by atoms with Gasteiger partial charge in [-0.15, -0.1) is 0 Å². The van der Waals surface area contributed by atoms with Crippen molar-refractivity contribution < 1.29 is 4.39 Å². The fraction of sp³-hybridized carbons (Fsp3) is 0.647. The van der Waals surface area contributed by atoms with Gasteiger partial charge in [0.2, 0.25) is 0 Å². The van der Waals surface area contributed by atoms with Crippen LogP contribution in [0, 0.1) is 11.2 Å². The van der Waals surface area contributed by atoms with Gasteiger partial charge in [-0.2, -0.15) is 0 Å². The van der Waals surface area contributed by atoms with Crippen molar-refractivity contribution in [2.45, 2.75) is 58.4 Å². The average Bonchev–Trinajstić information content (AvgIpc) is 2.43. The predicted molar refractivity (Wildman–Crippen MR) is 86.3 cm³/mol. The molecule has 0 bridgehead atoms. The molecule has 1 unspecified atom stereocenters. The number of nitrogens with one attached hydrogen (secondary N) is 1. The number of benzene rings is 1. The van der Waals surface area contributed by atoms with Gasteiger partial charge in [-0.05, 0) is 49.4 Å². The van der Waals surface area contributed by atoms with Crippen molar-refractivity contribution >= 4 is 15.9 Å². The van der Waals surface area contributed by atoms with Crippen LogP contribution >= 0.6 is 15.9 Å². The summed E-state index contributed by atoms with van der Waals surface area (Å²) in [5, 5.41) is 3.60. The van der Waals surface area contributed by atoms with Crippen molar-refractivity contribution in [1.29, 1.82) is 0 Å². The lowest BCUT2D eigenvalue weighted by molar-refractivity contribution is 0.142. The number of hydrogen-bond donors (Lipinski definition) is 1. The molecule has 0 aliphatic heterocycles. The first-order valence-corrected chi connectivity index (χ1v) is 8.54. The smallest absolute Gasteiger partial charge is 0.128 e. The summed E-state index contributed by atoms with van der Waals surface area (Å²) in [4.78, 5) is 0. The van der Waals surface area contributed by atoms with E-state index in [2.05, 4.69) is 35.1 Å². The van der Waals surface area contributed by atoms with Gasteiger partial charge in [0.1, 0.15) is 5.82 Å². The molecular weight excluding hydrogens is 317 g/mol. The molecule has 112 valence electrons. The monoisotopic (exact) mass is 341 g/mol. The maximum atomic E-state index is 14.3. The number of halogens is 2. The first-order valence-electron chi connectivity index (χ1n) is 7.75. The van der Waals surface area contributed by atoms with Crippen molar-refractivity contribution in [3.63, 3.8) is 0 Å². The highest BCUT2D eigenvalue weighted by molar-refractivity contribution is 9.10. The van der Waals surface area contributed by atoms with Crippen LogP contribution < -0.4 is 5.32 Å². The molecule has 2 rings (SSSR count). The standard InChI is InChI=1S/C17H25BrFN/c1-3-11-20-16(17(2)9-5-4-6-10-17)14-12-13(18)7-8-15(14)19/h7-8,12,16,20H,3-6,9-11H2,1-2H3. The third kappa shape index (κ3) is 3.62. The summed E-state index contributed by atoms with van der Waals surface area (Å²) < 4.78 is 15.3. The van der Waals surface area contributed by atoms with Crippen LogP contribution in [0.2, 0.25) is 0 Å². The third-order valence-electron chi connectivity index (χ3n) is 4.56. The summed E-state index contributed by atoms with van der Waals surface area (Å²) in [6.07, 6.45) is 7.27. The Labute approximate surface area is 130 Å². The van der Waals surface area contributed by atoms with Gasteiger partial charge in [-0.25, -0.2) is 4.39 Å². The molecule has 1 N–H and O–H groups in total. The highest BCUT2D eigenvalue weighted by Gasteiger charge is 2.37. The fourth-order valence-electron chi connectivity index (χ4n) is 3.40. The Balaban J connectivity index is 2.33. The summed E-state index contributed by atoms with van der Waals surface area (Å²) in [5.74, 6) is -0.0893. The minimum atomic E-state index is -0.0893. The first-order chi connectivity index (χ1) is 9.57. The second kappa shape index (κ2) is 7.04. The maximum absolute atomic E-state index is 14.3. The van der Waals surface area contributed by atoms with Crippen LogP contribution in [0.15, 0.2) is 22.7 Å². The summed E-state index contributed by atoms with van der Waals surface area (Å²) in [6, 6.07) is 5.41. The SMILES string of the molecule is CCCNC(c1cc(Br)ccc1F)C1(C)CCCCC1. The summed E-state index contributed by atoms with van der Waals surface area (Å²) in [6.45, 7) is 5.41. The van der Waals surface area contributed by atoms with E-state index < -0.39 is 0 Å². The van der Waals surface area contributed by atoms with Crippen LogP contribution in [-0.4, -0.2) is 6.54 Å². The normalized spacial score (nSPS) is 19.8. The van der Waals surface area contributed by atoms with E-state index in [-0.39, 0.29) is 17.3 Å². The topological polar surface area (TPSA) is 12.0 Å². The van der Waals surface area contributed by atoms with E-state index in [1.54, 1.807) is 12.1 Å². The molecule has 1 saturated carbocycles. The van der Waals surface area contributed by atoms with Gasteiger partial charge in [-0.3, -0.25) is 0 Å². The third-order valence-corrected chi connectivity index (χ3v) is 5.05. The first kappa shape index (κ1) is 16.0. The predicted octanol–water partition coefficient (Wildman–Crippen LogP) is 5.60. The molecule has 1 aliphatic rings. The van der Waals surface area contributed by atoms with Crippen molar-refractivity contribution in [1.82, 2.24) is 5.32 Å². The van der Waals surface area contributed by atoms with Crippen molar-refractivity contribution in [3.8, 4) is 0 Å². The summed E-state index contributed by atoms with van der Waals surface area (Å²) >= 11 is 3.48. The van der Waals surface area contributed by atoms with Gasteiger partial charge in [0.05, 0.1) is 0 Å². The average molecular weight is 342 g/mol. The Morgan fingerprint density at radius 3 is 2.65 bits per heavy atom.